The molecule has 1 fully saturated rings. The van der Waals surface area contributed by atoms with Crippen LogP contribution in [0.15, 0.2) is 64.6 Å². The second-order valence-electron chi connectivity index (χ2n) is 6.53. The van der Waals surface area contributed by atoms with Crippen LogP contribution in [0.25, 0.3) is 16.6 Å². The highest BCUT2D eigenvalue weighted by atomic mass is 35.5. The number of rotatable bonds is 5. The molecule has 0 atom stereocenters. The van der Waals surface area contributed by atoms with Gasteiger partial charge >= 0.3 is 0 Å². The fourth-order valence-electron chi connectivity index (χ4n) is 3.40. The fourth-order valence-corrected chi connectivity index (χ4v) is 4.44. The molecular formula is C21H22ClN3S. The minimum atomic E-state index is 0.760. The summed E-state index contributed by atoms with van der Waals surface area (Å²) in [5, 5.41) is 2.05. The zero-order chi connectivity index (χ0) is 17.9. The molecule has 0 bridgehead atoms. The molecule has 0 saturated carbocycles. The number of fused-ring (bicyclic) bond motifs is 1. The molecule has 3 nitrogen and oxygen atoms in total. The van der Waals surface area contributed by atoms with Gasteiger partial charge in [-0.3, -0.25) is 4.99 Å². The maximum atomic E-state index is 6.04. The minimum Gasteiger partial charge on any atom is -0.363 e. The van der Waals surface area contributed by atoms with Gasteiger partial charge in [0.05, 0.1) is 17.9 Å². The zero-order valence-electron chi connectivity index (χ0n) is 14.9. The van der Waals surface area contributed by atoms with Crippen LogP contribution < -0.4 is 0 Å². The van der Waals surface area contributed by atoms with Gasteiger partial charge in [-0.2, -0.15) is 0 Å². The van der Waals surface area contributed by atoms with Crippen LogP contribution >= 0.6 is 23.4 Å². The lowest BCUT2D eigenvalue weighted by Gasteiger charge is -2.10. The molecule has 1 aromatic heterocycles. The molecule has 1 aliphatic rings. The highest BCUT2D eigenvalue weighted by Crippen LogP contribution is 2.32. The quantitative estimate of drug-likeness (QED) is 0.428. The third kappa shape index (κ3) is 3.62. The van der Waals surface area contributed by atoms with E-state index >= 15 is 0 Å². The average Bonchev–Trinajstić information content (AvgIpc) is 3.23. The van der Waals surface area contributed by atoms with E-state index in [0.717, 1.165) is 36.0 Å². The van der Waals surface area contributed by atoms with Crippen molar-refractivity contribution in [3.05, 3.63) is 59.8 Å². The van der Waals surface area contributed by atoms with E-state index < -0.39 is 0 Å². The van der Waals surface area contributed by atoms with Gasteiger partial charge in [-0.15, -0.1) is 11.8 Å². The Bertz CT molecular complexity index is 930. The molecule has 0 amide bonds. The van der Waals surface area contributed by atoms with E-state index in [1.165, 1.54) is 28.1 Å². The predicted molar refractivity (Wildman–Crippen MR) is 113 cm³/mol. The first-order valence-corrected chi connectivity index (χ1v) is 10.3. The van der Waals surface area contributed by atoms with Crippen LogP contribution in [0.5, 0.6) is 0 Å². The summed E-state index contributed by atoms with van der Waals surface area (Å²) in [4.78, 5) is 8.35. The topological polar surface area (TPSA) is 20.5 Å². The molecule has 4 rings (SSSR count). The van der Waals surface area contributed by atoms with Gasteiger partial charge in [0.15, 0.2) is 0 Å². The lowest BCUT2D eigenvalue weighted by Crippen LogP contribution is -2.19. The Hall–Kier alpha value is -1.91. The van der Waals surface area contributed by atoms with Gasteiger partial charge in [-0.1, -0.05) is 29.8 Å². The highest BCUT2D eigenvalue weighted by Gasteiger charge is 2.13. The molecule has 0 radical (unpaired) electrons. The van der Waals surface area contributed by atoms with E-state index in [0.29, 0.717) is 0 Å². The number of thioether (sulfide) groups is 1. The Morgan fingerprint density at radius 3 is 2.69 bits per heavy atom. The molecule has 0 unspecified atom stereocenters. The van der Waals surface area contributed by atoms with Crippen LogP contribution in [0.2, 0.25) is 5.02 Å². The van der Waals surface area contributed by atoms with E-state index in [2.05, 4.69) is 59.1 Å². The van der Waals surface area contributed by atoms with Crippen molar-refractivity contribution in [1.82, 2.24) is 9.47 Å². The van der Waals surface area contributed by atoms with Crippen molar-refractivity contribution in [3.8, 4) is 5.69 Å². The number of benzene rings is 2. The van der Waals surface area contributed by atoms with Gasteiger partial charge in [0.25, 0.3) is 0 Å². The summed E-state index contributed by atoms with van der Waals surface area (Å²) < 4.78 is 2.24. The fraction of sp³-hybridized carbons (Fsp3) is 0.286. The highest BCUT2D eigenvalue weighted by molar-refractivity contribution is 7.99. The maximum Gasteiger partial charge on any atom is 0.0987 e. The molecule has 0 N–H and O–H groups in total. The average molecular weight is 384 g/mol. The number of aromatic nitrogens is 1. The summed E-state index contributed by atoms with van der Waals surface area (Å²) in [6.07, 6.45) is 4.58. The summed E-state index contributed by atoms with van der Waals surface area (Å²) in [6, 6.07) is 16.6. The monoisotopic (exact) mass is 383 g/mol. The lowest BCUT2D eigenvalue weighted by atomic mass is 10.2. The Kier molecular flexibility index (Phi) is 5.23. The standard InChI is InChI=1S/C21H22ClN3S/c1-24-13-4-7-21(24)23-12-14-26-20-15-25(17-10-8-16(22)9-11-17)19-6-3-2-5-18(19)20/h2-3,5-6,8-11,15H,4,7,12-14H2,1H3. The number of amidine groups is 1. The molecule has 134 valence electrons. The van der Waals surface area contributed by atoms with Gasteiger partial charge in [0.1, 0.15) is 0 Å². The van der Waals surface area contributed by atoms with Crippen LogP contribution in [0.1, 0.15) is 12.8 Å². The number of aliphatic imine (C=N–C) groups is 1. The molecule has 3 aromatic rings. The Labute approximate surface area is 163 Å². The van der Waals surface area contributed by atoms with Crippen LogP contribution in [0.3, 0.4) is 0 Å². The molecule has 5 heteroatoms. The van der Waals surface area contributed by atoms with Crippen molar-refractivity contribution in [2.24, 2.45) is 4.99 Å². The normalized spacial score (nSPS) is 16.1. The van der Waals surface area contributed by atoms with Crippen LogP contribution in [-0.2, 0) is 0 Å². The lowest BCUT2D eigenvalue weighted by molar-refractivity contribution is 0.548. The van der Waals surface area contributed by atoms with Crippen molar-refractivity contribution in [1.29, 1.82) is 0 Å². The van der Waals surface area contributed by atoms with Gasteiger partial charge in [-0.25, -0.2) is 0 Å². The number of likely N-dealkylation sites (tertiary alicyclic amines) is 1. The summed E-state index contributed by atoms with van der Waals surface area (Å²) in [5.41, 5.74) is 2.35. The predicted octanol–water partition coefficient (Wildman–Crippen LogP) is 5.50. The van der Waals surface area contributed by atoms with Crippen molar-refractivity contribution < 1.29 is 0 Å². The molecule has 2 heterocycles. The maximum absolute atomic E-state index is 6.04. The van der Waals surface area contributed by atoms with Crippen LogP contribution in [0.4, 0.5) is 0 Å². The summed E-state index contributed by atoms with van der Waals surface area (Å²) in [5.74, 6) is 2.25. The van der Waals surface area contributed by atoms with Gasteiger partial charge in [0, 0.05) is 53.0 Å². The largest absolute Gasteiger partial charge is 0.363 e. The number of hydrogen-bond acceptors (Lipinski definition) is 2. The Balaban J connectivity index is 1.55. The van der Waals surface area contributed by atoms with E-state index in [1.807, 2.05) is 23.9 Å². The molecule has 0 aliphatic carbocycles. The molecule has 1 aliphatic heterocycles. The molecular weight excluding hydrogens is 362 g/mol. The van der Waals surface area contributed by atoms with Gasteiger partial charge < -0.3 is 9.47 Å². The first kappa shape index (κ1) is 17.5. The second kappa shape index (κ2) is 7.77. The third-order valence-corrected chi connectivity index (χ3v) is 6.03. The van der Waals surface area contributed by atoms with Crippen molar-refractivity contribution in [3.63, 3.8) is 0 Å². The van der Waals surface area contributed by atoms with Crippen molar-refractivity contribution in [2.45, 2.75) is 17.7 Å². The summed E-state index contributed by atoms with van der Waals surface area (Å²) >= 11 is 7.92. The molecule has 2 aromatic carbocycles. The smallest absolute Gasteiger partial charge is 0.0987 e. The zero-order valence-corrected chi connectivity index (χ0v) is 16.4. The van der Waals surface area contributed by atoms with Crippen LogP contribution in [-0.4, -0.2) is 41.2 Å². The van der Waals surface area contributed by atoms with Crippen molar-refractivity contribution in [2.75, 3.05) is 25.9 Å². The van der Waals surface area contributed by atoms with Crippen molar-refractivity contribution >= 4 is 40.1 Å². The number of para-hydroxylation sites is 1. The summed E-state index contributed by atoms with van der Waals surface area (Å²) in [6.45, 7) is 2.01. The minimum absolute atomic E-state index is 0.760. The van der Waals surface area contributed by atoms with Gasteiger partial charge in [-0.05, 0) is 36.8 Å². The number of nitrogens with zero attached hydrogens (tertiary/aromatic N) is 3. The van der Waals surface area contributed by atoms with E-state index in [1.54, 1.807) is 0 Å². The second-order valence-corrected chi connectivity index (χ2v) is 8.10. The Morgan fingerprint density at radius 1 is 1.12 bits per heavy atom. The molecule has 0 spiro atoms. The number of halogens is 1. The SMILES string of the molecule is CN1CCCC1=NCCSc1cn(-c2ccc(Cl)cc2)c2ccccc12. The van der Waals surface area contributed by atoms with E-state index in [4.69, 9.17) is 16.6 Å². The first-order chi connectivity index (χ1) is 12.7. The summed E-state index contributed by atoms with van der Waals surface area (Å²) in [7, 11) is 2.14. The van der Waals surface area contributed by atoms with Crippen LogP contribution in [0, 0.1) is 0 Å². The molecule has 1 saturated heterocycles. The van der Waals surface area contributed by atoms with E-state index in [-0.39, 0.29) is 0 Å². The third-order valence-electron chi connectivity index (χ3n) is 4.76. The van der Waals surface area contributed by atoms with Gasteiger partial charge in [0.2, 0.25) is 0 Å². The Morgan fingerprint density at radius 2 is 1.92 bits per heavy atom. The molecule has 26 heavy (non-hydrogen) atoms. The van der Waals surface area contributed by atoms with E-state index in [9.17, 15) is 0 Å². The first-order valence-electron chi connectivity index (χ1n) is 8.96. The number of hydrogen-bond donors (Lipinski definition) is 0.